The van der Waals surface area contributed by atoms with Gasteiger partial charge in [0.2, 0.25) is 11.8 Å². The molecule has 126 valence electrons. The van der Waals surface area contributed by atoms with Crippen molar-refractivity contribution in [2.24, 2.45) is 0 Å². The van der Waals surface area contributed by atoms with E-state index in [-0.39, 0.29) is 18.2 Å². The highest BCUT2D eigenvalue weighted by Gasteiger charge is 2.13. The molecule has 2 amide bonds. The van der Waals surface area contributed by atoms with Crippen molar-refractivity contribution in [3.63, 3.8) is 0 Å². The lowest BCUT2D eigenvalue weighted by molar-refractivity contribution is -0.129. The van der Waals surface area contributed by atoms with Crippen LogP contribution < -0.4 is 5.32 Å². The van der Waals surface area contributed by atoms with Crippen molar-refractivity contribution in [1.82, 2.24) is 9.88 Å². The zero-order valence-electron chi connectivity index (χ0n) is 14.4. The molecule has 0 fully saturated rings. The van der Waals surface area contributed by atoms with Crippen LogP contribution in [0.5, 0.6) is 0 Å². The number of nitrogens with zero attached hydrogens (tertiary/aromatic N) is 2. The number of hydrogen-bond donors (Lipinski definition) is 1. The summed E-state index contributed by atoms with van der Waals surface area (Å²) in [6.07, 6.45) is 3.68. The summed E-state index contributed by atoms with van der Waals surface area (Å²) in [6, 6.07) is 9.57. The molecule has 5 heteroatoms. The quantitative estimate of drug-likeness (QED) is 0.888. The molecule has 0 saturated carbocycles. The Morgan fingerprint density at radius 2 is 1.96 bits per heavy atom. The van der Waals surface area contributed by atoms with E-state index in [0.717, 1.165) is 22.4 Å². The zero-order valence-corrected chi connectivity index (χ0v) is 14.4. The van der Waals surface area contributed by atoms with E-state index in [1.165, 1.54) is 6.92 Å². The number of nitrogens with one attached hydrogen (secondary N) is 1. The Morgan fingerprint density at radius 3 is 2.62 bits per heavy atom. The minimum Gasteiger partial charge on any atom is -0.338 e. The summed E-state index contributed by atoms with van der Waals surface area (Å²) >= 11 is 0. The minimum absolute atomic E-state index is 0.0570. The lowest BCUT2D eigenvalue weighted by Crippen LogP contribution is -2.31. The fourth-order valence-corrected chi connectivity index (χ4v) is 2.40. The monoisotopic (exact) mass is 325 g/mol. The number of amides is 2. The first-order chi connectivity index (χ1) is 11.5. The lowest BCUT2D eigenvalue weighted by Gasteiger charge is -2.21. The van der Waals surface area contributed by atoms with E-state index >= 15 is 0 Å². The summed E-state index contributed by atoms with van der Waals surface area (Å²) in [5, 5.41) is 2.92. The molecule has 1 aromatic carbocycles. The van der Waals surface area contributed by atoms with Gasteiger partial charge in [0.1, 0.15) is 0 Å². The van der Waals surface area contributed by atoms with Gasteiger partial charge in [-0.05, 0) is 42.7 Å². The average Bonchev–Trinajstić information content (AvgIpc) is 2.56. The molecule has 2 aromatic rings. The summed E-state index contributed by atoms with van der Waals surface area (Å²) in [7, 11) is 0. The Balaban J connectivity index is 1.93. The van der Waals surface area contributed by atoms with E-state index in [0.29, 0.717) is 13.1 Å². The highest BCUT2D eigenvalue weighted by molar-refractivity contribution is 5.92. The predicted octanol–water partition coefficient (Wildman–Crippen LogP) is 3.08. The molecule has 0 aliphatic heterocycles. The second-order valence-electron chi connectivity index (χ2n) is 5.85. The van der Waals surface area contributed by atoms with E-state index in [1.807, 2.05) is 44.2 Å². The number of carbonyl (C=O) groups is 2. The third kappa shape index (κ3) is 4.91. The van der Waals surface area contributed by atoms with Gasteiger partial charge in [-0.25, -0.2) is 0 Å². The van der Waals surface area contributed by atoms with Gasteiger partial charge in [-0.3, -0.25) is 14.6 Å². The molecule has 5 nitrogen and oxygen atoms in total. The fourth-order valence-electron chi connectivity index (χ4n) is 2.40. The molecule has 24 heavy (non-hydrogen) atoms. The van der Waals surface area contributed by atoms with Crippen LogP contribution in [0.4, 0.5) is 5.69 Å². The molecule has 1 N–H and O–H groups in total. The van der Waals surface area contributed by atoms with Gasteiger partial charge in [0.25, 0.3) is 0 Å². The Bertz CT molecular complexity index is 714. The number of rotatable bonds is 6. The molecule has 0 unspecified atom stereocenters. The summed E-state index contributed by atoms with van der Waals surface area (Å²) in [5.74, 6) is -0.153. The van der Waals surface area contributed by atoms with Crippen LogP contribution in [0.1, 0.15) is 30.0 Å². The average molecular weight is 325 g/mol. The number of carbonyl (C=O) groups excluding carboxylic acids is 2. The van der Waals surface area contributed by atoms with E-state index in [9.17, 15) is 9.59 Å². The molecule has 0 aliphatic rings. The maximum absolute atomic E-state index is 12.2. The third-order valence-electron chi connectivity index (χ3n) is 4.03. The molecule has 0 saturated heterocycles. The van der Waals surface area contributed by atoms with E-state index in [1.54, 1.807) is 17.3 Å². The fraction of sp³-hybridized carbons (Fsp3) is 0.316. The van der Waals surface area contributed by atoms with Crippen molar-refractivity contribution < 1.29 is 9.59 Å². The standard InChI is InChI=1S/C19H23N3O2/c1-14-6-4-8-18(15(14)2)21-19(24)9-11-22(16(3)23)13-17-7-5-10-20-12-17/h4-8,10,12H,9,11,13H2,1-3H3,(H,21,24). The summed E-state index contributed by atoms with van der Waals surface area (Å²) in [6.45, 7) is 6.34. The van der Waals surface area contributed by atoms with Crippen LogP contribution in [0.25, 0.3) is 0 Å². The van der Waals surface area contributed by atoms with Crippen molar-refractivity contribution in [2.75, 3.05) is 11.9 Å². The molecule has 2 rings (SSSR count). The predicted molar refractivity (Wildman–Crippen MR) is 94.5 cm³/mol. The first-order valence-corrected chi connectivity index (χ1v) is 7.98. The Kier molecular flexibility index (Phi) is 6.07. The molecule has 0 spiro atoms. The van der Waals surface area contributed by atoms with Crippen molar-refractivity contribution in [2.45, 2.75) is 33.7 Å². The number of hydrogen-bond acceptors (Lipinski definition) is 3. The number of benzene rings is 1. The van der Waals surface area contributed by atoms with Crippen molar-refractivity contribution >= 4 is 17.5 Å². The summed E-state index contributed by atoms with van der Waals surface area (Å²) in [4.78, 5) is 29.7. The Hall–Kier alpha value is -2.69. The summed E-state index contributed by atoms with van der Waals surface area (Å²) in [5.41, 5.74) is 3.96. The van der Waals surface area contributed by atoms with Crippen LogP contribution in [0.2, 0.25) is 0 Å². The van der Waals surface area contributed by atoms with E-state index < -0.39 is 0 Å². The molecular weight excluding hydrogens is 302 g/mol. The largest absolute Gasteiger partial charge is 0.338 e. The molecule has 0 atom stereocenters. The first kappa shape index (κ1) is 17.7. The van der Waals surface area contributed by atoms with Gasteiger partial charge in [0.15, 0.2) is 0 Å². The second-order valence-corrected chi connectivity index (χ2v) is 5.85. The maximum Gasteiger partial charge on any atom is 0.226 e. The maximum atomic E-state index is 12.2. The second kappa shape index (κ2) is 8.24. The van der Waals surface area contributed by atoms with Gasteiger partial charge in [-0.1, -0.05) is 18.2 Å². The minimum atomic E-state index is -0.0962. The van der Waals surface area contributed by atoms with Gasteiger partial charge in [-0.2, -0.15) is 0 Å². The molecule has 0 radical (unpaired) electrons. The normalized spacial score (nSPS) is 10.3. The molecule has 1 aromatic heterocycles. The molecule has 0 aliphatic carbocycles. The van der Waals surface area contributed by atoms with Gasteiger partial charge in [-0.15, -0.1) is 0 Å². The van der Waals surface area contributed by atoms with Gasteiger partial charge in [0.05, 0.1) is 0 Å². The molecular formula is C19H23N3O2. The van der Waals surface area contributed by atoms with Gasteiger partial charge in [0, 0.05) is 44.5 Å². The number of anilines is 1. The van der Waals surface area contributed by atoms with E-state index in [2.05, 4.69) is 10.3 Å². The first-order valence-electron chi connectivity index (χ1n) is 7.98. The highest BCUT2D eigenvalue weighted by Crippen LogP contribution is 2.18. The topological polar surface area (TPSA) is 62.3 Å². The van der Waals surface area contributed by atoms with Crippen molar-refractivity contribution in [3.8, 4) is 0 Å². The number of aryl methyl sites for hydroxylation is 1. The number of aromatic nitrogens is 1. The Morgan fingerprint density at radius 1 is 1.17 bits per heavy atom. The Labute approximate surface area is 142 Å². The third-order valence-corrected chi connectivity index (χ3v) is 4.03. The SMILES string of the molecule is CC(=O)N(CCC(=O)Nc1cccc(C)c1C)Cc1cccnc1. The van der Waals surface area contributed by atoms with Crippen LogP contribution in [0.15, 0.2) is 42.7 Å². The van der Waals surface area contributed by atoms with Crippen molar-refractivity contribution in [1.29, 1.82) is 0 Å². The van der Waals surface area contributed by atoms with Gasteiger partial charge >= 0.3 is 0 Å². The van der Waals surface area contributed by atoms with Crippen LogP contribution in [0, 0.1) is 13.8 Å². The smallest absolute Gasteiger partial charge is 0.226 e. The molecule has 0 bridgehead atoms. The highest BCUT2D eigenvalue weighted by atomic mass is 16.2. The van der Waals surface area contributed by atoms with Crippen LogP contribution in [0.3, 0.4) is 0 Å². The molecule has 1 heterocycles. The van der Waals surface area contributed by atoms with Crippen LogP contribution in [-0.2, 0) is 16.1 Å². The van der Waals surface area contributed by atoms with Gasteiger partial charge < -0.3 is 10.2 Å². The zero-order chi connectivity index (χ0) is 17.5. The van der Waals surface area contributed by atoms with E-state index in [4.69, 9.17) is 0 Å². The van der Waals surface area contributed by atoms with Crippen molar-refractivity contribution in [3.05, 3.63) is 59.4 Å². The van der Waals surface area contributed by atoms with Crippen LogP contribution in [-0.4, -0.2) is 28.2 Å². The summed E-state index contributed by atoms with van der Waals surface area (Å²) < 4.78 is 0. The number of pyridine rings is 1. The van der Waals surface area contributed by atoms with Crippen LogP contribution >= 0.6 is 0 Å². The lowest BCUT2D eigenvalue weighted by atomic mass is 10.1.